The van der Waals surface area contributed by atoms with E-state index in [9.17, 15) is 19.2 Å². The van der Waals surface area contributed by atoms with E-state index in [1.165, 1.54) is 14.2 Å². The van der Waals surface area contributed by atoms with E-state index in [0.717, 1.165) is 33.6 Å². The van der Waals surface area contributed by atoms with E-state index in [-0.39, 0.29) is 34.4 Å². The molecule has 4 amide bonds. The number of nitrogens with zero attached hydrogens (tertiary/aromatic N) is 4. The Morgan fingerprint density at radius 2 is 0.935 bits per heavy atom. The first-order valence-corrected chi connectivity index (χ1v) is 21.2. The van der Waals surface area contributed by atoms with Crippen molar-refractivity contribution in [1.29, 1.82) is 0 Å². The molecular weight excluding hydrogens is 825 g/mol. The van der Waals surface area contributed by atoms with Gasteiger partial charge in [-0.05, 0) is 46.2 Å². The number of rotatable bonds is 11. The Kier molecular flexibility index (Phi) is 12.7. The summed E-state index contributed by atoms with van der Waals surface area (Å²) >= 11 is 9.45. The lowest BCUT2D eigenvalue weighted by molar-refractivity contribution is -0.135. The molecule has 4 heterocycles. The van der Waals surface area contributed by atoms with Gasteiger partial charge in [-0.15, -0.1) is 0 Å². The molecule has 0 spiro atoms. The Labute approximate surface area is 369 Å². The van der Waals surface area contributed by atoms with Gasteiger partial charge in [-0.3, -0.25) is 9.59 Å². The highest BCUT2D eigenvalue weighted by Gasteiger charge is 2.41. The van der Waals surface area contributed by atoms with Crippen molar-refractivity contribution in [1.82, 2.24) is 40.4 Å². The summed E-state index contributed by atoms with van der Waals surface area (Å²) < 4.78 is 9.67. The molecule has 0 saturated carbocycles. The molecule has 62 heavy (non-hydrogen) atoms. The molecule has 0 unspecified atom stereocenters. The number of aromatic amines is 2. The first-order valence-electron chi connectivity index (χ1n) is 20.2. The van der Waals surface area contributed by atoms with E-state index < -0.39 is 24.3 Å². The third-order valence-corrected chi connectivity index (χ3v) is 12.1. The molecule has 4 aromatic carbocycles. The van der Waals surface area contributed by atoms with Crippen LogP contribution in [0.15, 0.2) is 122 Å². The normalized spacial score (nSPS) is 19.4. The van der Waals surface area contributed by atoms with E-state index in [1.54, 1.807) is 46.5 Å². The number of carbonyl (C=O) groups excluding carboxylic acids is 4. The molecule has 0 radical (unpaired) electrons. The highest BCUT2D eigenvalue weighted by molar-refractivity contribution is 7.81. The topological polar surface area (TPSA) is 175 Å². The number of likely N-dealkylation sites (tertiary alicyclic amines) is 2. The summed E-state index contributed by atoms with van der Waals surface area (Å²) in [6.07, 6.45) is 3.33. The standard InChI is InChI=1S/C46H46N8O6S2/c1-59-45(57)51-39(31-9-5-3-6-10-31)43(55)53-25-33(61)21-37(53)41-47-23-35(49-41)29-17-13-27(14-18-29)28-15-19-30(20-16-28)36-24-48-42(50-36)38-22-34(62)26-54(38)44(56)40(52-46(58)60-2)32-11-7-4-8-12-32/h3-20,23-24,33-34,37-40,61-62H,21-22,25-26H2,1-2H3,(H,47,49)(H,48,50)(H,51,57)(H,52,58)/t33-,34-,37-,38-,39-,40-/m0/s1. The van der Waals surface area contributed by atoms with Crippen molar-refractivity contribution in [2.24, 2.45) is 0 Å². The van der Waals surface area contributed by atoms with Gasteiger partial charge < -0.3 is 39.9 Å². The maximum Gasteiger partial charge on any atom is 0.407 e. The zero-order valence-electron chi connectivity index (χ0n) is 34.0. The molecule has 0 aliphatic carbocycles. The number of alkyl carbamates (subject to hydrolysis) is 2. The lowest BCUT2D eigenvalue weighted by Gasteiger charge is -2.28. The van der Waals surface area contributed by atoms with Gasteiger partial charge in [0.15, 0.2) is 0 Å². The summed E-state index contributed by atoms with van der Waals surface area (Å²) in [5.41, 5.74) is 6.82. The number of methoxy groups -OCH3 is 2. The predicted molar refractivity (Wildman–Crippen MR) is 240 cm³/mol. The Balaban J connectivity index is 0.944. The second kappa shape index (κ2) is 18.6. The number of ether oxygens (including phenoxy) is 2. The molecule has 8 rings (SSSR count). The highest BCUT2D eigenvalue weighted by Crippen LogP contribution is 2.38. The Morgan fingerprint density at radius 3 is 1.29 bits per heavy atom. The summed E-state index contributed by atoms with van der Waals surface area (Å²) in [6.45, 7) is 0.793. The zero-order chi connectivity index (χ0) is 43.3. The molecular formula is C46H46N8O6S2. The van der Waals surface area contributed by atoms with Gasteiger partial charge in [-0.1, -0.05) is 109 Å². The second-order valence-electron chi connectivity index (χ2n) is 15.3. The summed E-state index contributed by atoms with van der Waals surface area (Å²) in [6, 6.07) is 31.9. The number of amides is 4. The van der Waals surface area contributed by atoms with Gasteiger partial charge in [0.25, 0.3) is 11.8 Å². The summed E-state index contributed by atoms with van der Waals surface area (Å²) in [5.74, 6) is 0.737. The van der Waals surface area contributed by atoms with Crippen LogP contribution in [-0.4, -0.2) is 91.5 Å². The number of hydrogen-bond donors (Lipinski definition) is 6. The summed E-state index contributed by atoms with van der Waals surface area (Å²) in [5, 5.41) is 5.26. The molecule has 2 aliphatic rings. The molecule has 2 aliphatic heterocycles. The minimum Gasteiger partial charge on any atom is -0.453 e. The Morgan fingerprint density at radius 1 is 0.581 bits per heavy atom. The van der Waals surface area contributed by atoms with Crippen LogP contribution in [0.25, 0.3) is 33.6 Å². The lowest BCUT2D eigenvalue weighted by atomic mass is 10.0. The maximum absolute atomic E-state index is 14.0. The smallest absolute Gasteiger partial charge is 0.407 e. The minimum absolute atomic E-state index is 0.0707. The minimum atomic E-state index is -0.933. The number of carbonyl (C=O) groups is 4. The van der Waals surface area contributed by atoms with Crippen molar-refractivity contribution in [3.05, 3.63) is 144 Å². The van der Waals surface area contributed by atoms with Gasteiger partial charge in [0.05, 0.1) is 50.1 Å². The van der Waals surface area contributed by atoms with E-state index in [0.29, 0.717) is 48.7 Å². The molecule has 16 heteroatoms. The number of hydrogen-bond acceptors (Lipinski definition) is 10. The molecule has 6 atom stereocenters. The molecule has 2 saturated heterocycles. The highest BCUT2D eigenvalue weighted by atomic mass is 32.1. The van der Waals surface area contributed by atoms with Crippen LogP contribution in [-0.2, 0) is 19.1 Å². The molecule has 2 aromatic heterocycles. The van der Waals surface area contributed by atoms with Gasteiger partial charge in [-0.25, -0.2) is 19.6 Å². The van der Waals surface area contributed by atoms with Crippen molar-refractivity contribution >= 4 is 49.3 Å². The Hall–Kier alpha value is -6.52. The number of benzene rings is 4. The second-order valence-corrected chi connectivity index (χ2v) is 16.7. The number of thiol groups is 2. The van der Waals surface area contributed by atoms with Crippen LogP contribution < -0.4 is 10.6 Å². The average Bonchev–Trinajstić information content (AvgIpc) is 4.14. The van der Waals surface area contributed by atoms with Crippen molar-refractivity contribution in [2.75, 3.05) is 27.3 Å². The van der Waals surface area contributed by atoms with Crippen molar-refractivity contribution in [3.63, 3.8) is 0 Å². The monoisotopic (exact) mass is 870 g/mol. The predicted octanol–water partition coefficient (Wildman–Crippen LogP) is 7.47. The lowest BCUT2D eigenvalue weighted by Crippen LogP contribution is -2.43. The largest absolute Gasteiger partial charge is 0.453 e. The third-order valence-electron chi connectivity index (χ3n) is 11.3. The molecule has 4 N–H and O–H groups in total. The van der Waals surface area contributed by atoms with Gasteiger partial charge in [0.2, 0.25) is 0 Å². The zero-order valence-corrected chi connectivity index (χ0v) is 35.8. The Bertz CT molecular complexity index is 2340. The van der Waals surface area contributed by atoms with Crippen molar-refractivity contribution in [3.8, 4) is 33.6 Å². The first-order chi connectivity index (χ1) is 30.1. The van der Waals surface area contributed by atoms with Crippen LogP contribution in [0, 0.1) is 0 Å². The van der Waals surface area contributed by atoms with Crippen molar-refractivity contribution in [2.45, 2.75) is 47.5 Å². The van der Waals surface area contributed by atoms with E-state index in [4.69, 9.17) is 44.7 Å². The fourth-order valence-electron chi connectivity index (χ4n) is 8.17. The molecule has 0 bridgehead atoms. The number of nitrogens with one attached hydrogen (secondary N) is 4. The molecule has 6 aromatic rings. The molecule has 14 nitrogen and oxygen atoms in total. The number of imidazole rings is 2. The van der Waals surface area contributed by atoms with Gasteiger partial charge in [-0.2, -0.15) is 25.3 Å². The maximum atomic E-state index is 14.0. The van der Waals surface area contributed by atoms with Crippen LogP contribution in [0.1, 0.15) is 59.8 Å². The van der Waals surface area contributed by atoms with Crippen LogP contribution in [0.3, 0.4) is 0 Å². The van der Waals surface area contributed by atoms with Crippen LogP contribution in [0.5, 0.6) is 0 Å². The van der Waals surface area contributed by atoms with Crippen LogP contribution in [0.4, 0.5) is 9.59 Å². The van der Waals surface area contributed by atoms with E-state index >= 15 is 0 Å². The fraction of sp³-hybridized carbons (Fsp3) is 0.261. The van der Waals surface area contributed by atoms with Gasteiger partial charge >= 0.3 is 12.2 Å². The van der Waals surface area contributed by atoms with Crippen LogP contribution in [0.2, 0.25) is 0 Å². The van der Waals surface area contributed by atoms with Crippen molar-refractivity contribution < 1.29 is 28.7 Å². The number of aromatic nitrogens is 4. The fourth-order valence-corrected chi connectivity index (χ4v) is 8.93. The number of H-pyrrole nitrogens is 2. The van der Waals surface area contributed by atoms with Crippen LogP contribution >= 0.6 is 25.3 Å². The summed E-state index contributed by atoms with van der Waals surface area (Å²) in [4.78, 5) is 72.3. The van der Waals surface area contributed by atoms with E-state index in [2.05, 4.69) is 44.9 Å². The molecule has 2 fully saturated rings. The first kappa shape index (κ1) is 42.2. The van der Waals surface area contributed by atoms with Gasteiger partial charge in [0, 0.05) is 23.6 Å². The van der Waals surface area contributed by atoms with Gasteiger partial charge in [0.1, 0.15) is 23.7 Å². The third kappa shape index (κ3) is 9.06. The molecule has 318 valence electrons. The summed E-state index contributed by atoms with van der Waals surface area (Å²) in [7, 11) is 2.53. The quantitative estimate of drug-likeness (QED) is 0.0728. The van der Waals surface area contributed by atoms with E-state index in [1.807, 2.05) is 60.7 Å². The average molecular weight is 871 g/mol. The SMILES string of the molecule is COC(=O)N[C@H](C(=O)N1C[C@@H](S)C[C@H]1c1ncc(-c2ccc(-c3ccc(-c4cnc([C@@H]5C[C@H](S)CN5C(=O)[C@@H](NC(=O)OC)c5ccccc5)[nH]4)cc3)cc2)[nH]1)c1ccccc1.